The number of rotatable bonds is 9. The summed E-state index contributed by atoms with van der Waals surface area (Å²) in [6, 6.07) is 19.8. The van der Waals surface area contributed by atoms with E-state index in [0.717, 1.165) is 17.5 Å². The zero-order chi connectivity index (χ0) is 26.5. The molecule has 0 saturated heterocycles. The van der Waals surface area contributed by atoms with Crippen molar-refractivity contribution in [1.29, 1.82) is 0 Å². The molecule has 0 saturated carbocycles. The molecule has 8 nitrogen and oxygen atoms in total. The Balaban J connectivity index is 1.80. The quantitative estimate of drug-likeness (QED) is 0.377. The summed E-state index contributed by atoms with van der Waals surface area (Å²) in [6.45, 7) is 4.29. The number of nitrogens with one attached hydrogen (secondary N) is 1. The summed E-state index contributed by atoms with van der Waals surface area (Å²) in [6.07, 6.45) is 0.834. The Kier molecular flexibility index (Phi) is 7.77. The Morgan fingerprint density at radius 3 is 2.08 bits per heavy atom. The van der Waals surface area contributed by atoms with Crippen LogP contribution in [0.2, 0.25) is 0 Å². The zero-order valence-corrected chi connectivity index (χ0v) is 21.5. The van der Waals surface area contributed by atoms with Gasteiger partial charge in [0.2, 0.25) is 0 Å². The van der Waals surface area contributed by atoms with Gasteiger partial charge in [0.15, 0.2) is 11.5 Å². The van der Waals surface area contributed by atoms with Crippen LogP contribution in [0.5, 0.6) is 11.5 Å². The van der Waals surface area contributed by atoms with E-state index < -0.39 is 11.2 Å². The number of ether oxygens (including phenoxy) is 2. The molecule has 0 aliphatic heterocycles. The number of hydrogen-bond acceptors (Lipinski definition) is 5. The minimum absolute atomic E-state index is 0.0595. The average molecular weight is 502 g/mol. The molecule has 192 valence electrons. The van der Waals surface area contributed by atoms with Gasteiger partial charge in [-0.05, 0) is 42.7 Å². The van der Waals surface area contributed by atoms with E-state index in [1.165, 1.54) is 18.8 Å². The maximum Gasteiger partial charge on any atom is 0.332 e. The molecule has 1 heterocycles. The summed E-state index contributed by atoms with van der Waals surface area (Å²) in [5.74, 6) is 0.676. The largest absolute Gasteiger partial charge is 0.493 e. The molecule has 3 aromatic carbocycles. The second-order valence-electron chi connectivity index (χ2n) is 8.95. The van der Waals surface area contributed by atoms with Gasteiger partial charge in [-0.1, -0.05) is 49.4 Å². The minimum atomic E-state index is -0.438. The van der Waals surface area contributed by atoms with Crippen LogP contribution in [-0.4, -0.2) is 35.3 Å². The Hall–Kier alpha value is -4.33. The van der Waals surface area contributed by atoms with Crippen LogP contribution in [0.25, 0.3) is 10.9 Å². The highest BCUT2D eigenvalue weighted by Gasteiger charge is 2.18. The number of carbonyl (C=O) groups excluding carboxylic acids is 1. The van der Waals surface area contributed by atoms with Gasteiger partial charge in [-0.3, -0.25) is 18.7 Å². The molecule has 0 fully saturated rings. The molecule has 4 rings (SSSR count). The maximum absolute atomic E-state index is 13.7. The van der Waals surface area contributed by atoms with Crippen LogP contribution in [0.4, 0.5) is 0 Å². The van der Waals surface area contributed by atoms with E-state index in [1.807, 2.05) is 44.2 Å². The molecule has 0 unspecified atom stereocenters. The topological polar surface area (TPSA) is 91.6 Å². The third kappa shape index (κ3) is 5.43. The molecule has 0 spiro atoms. The Morgan fingerprint density at radius 2 is 1.46 bits per heavy atom. The fraction of sp³-hybridized carbons (Fsp3) is 0.276. The second kappa shape index (κ2) is 11.2. The van der Waals surface area contributed by atoms with Crippen LogP contribution in [-0.2, 0) is 13.1 Å². The Bertz CT molecular complexity index is 1520. The standard InChI is InChI=1S/C29H31N3O5/c1-5-19(2)30-27(33)22-13-11-21(12-14-22)18-32-28(34)23-15-25(36-3)26(37-4)16-24(23)31(29(32)35)17-20-9-7-6-8-10-20/h6-16,19H,5,17-18H2,1-4H3,(H,30,33)/t19-/m1/s1. The van der Waals surface area contributed by atoms with Crippen LogP contribution < -0.4 is 26.0 Å². The lowest BCUT2D eigenvalue weighted by Crippen LogP contribution is -2.40. The van der Waals surface area contributed by atoms with E-state index in [-0.39, 0.29) is 25.0 Å². The van der Waals surface area contributed by atoms with Crippen LogP contribution in [0, 0.1) is 0 Å². The molecule has 0 aliphatic rings. The monoisotopic (exact) mass is 501 g/mol. The van der Waals surface area contributed by atoms with Crippen LogP contribution in [0.1, 0.15) is 41.8 Å². The van der Waals surface area contributed by atoms with Crippen LogP contribution in [0.15, 0.2) is 76.3 Å². The first-order valence-corrected chi connectivity index (χ1v) is 12.2. The maximum atomic E-state index is 13.7. The summed E-state index contributed by atoms with van der Waals surface area (Å²) in [5.41, 5.74) is 1.77. The van der Waals surface area contributed by atoms with E-state index in [1.54, 1.807) is 41.0 Å². The number of carbonyl (C=O) groups is 1. The van der Waals surface area contributed by atoms with Gasteiger partial charge in [0, 0.05) is 17.7 Å². The van der Waals surface area contributed by atoms with Gasteiger partial charge in [-0.2, -0.15) is 0 Å². The van der Waals surface area contributed by atoms with Crippen molar-refractivity contribution < 1.29 is 14.3 Å². The third-order valence-electron chi connectivity index (χ3n) is 6.46. The fourth-order valence-electron chi connectivity index (χ4n) is 4.16. The smallest absolute Gasteiger partial charge is 0.332 e. The lowest BCUT2D eigenvalue weighted by Gasteiger charge is -2.17. The molecule has 1 atom stereocenters. The molecule has 1 aromatic heterocycles. The van der Waals surface area contributed by atoms with E-state index in [0.29, 0.717) is 28.0 Å². The molecule has 0 bridgehead atoms. The first-order valence-electron chi connectivity index (χ1n) is 12.2. The number of amides is 1. The normalized spacial score (nSPS) is 11.8. The van der Waals surface area contributed by atoms with Crippen molar-refractivity contribution in [2.75, 3.05) is 14.2 Å². The molecular weight excluding hydrogens is 470 g/mol. The van der Waals surface area contributed by atoms with Crippen molar-refractivity contribution in [1.82, 2.24) is 14.5 Å². The number of hydrogen-bond donors (Lipinski definition) is 1. The number of nitrogens with zero attached hydrogens (tertiary/aromatic N) is 2. The third-order valence-corrected chi connectivity index (χ3v) is 6.46. The van der Waals surface area contributed by atoms with Crippen molar-refractivity contribution >= 4 is 16.8 Å². The van der Waals surface area contributed by atoms with Crippen LogP contribution >= 0.6 is 0 Å². The molecule has 0 aliphatic carbocycles. The van der Waals surface area contributed by atoms with E-state index >= 15 is 0 Å². The average Bonchev–Trinajstić information content (AvgIpc) is 2.93. The SMILES string of the molecule is CC[C@@H](C)NC(=O)c1ccc(Cn2c(=O)c3cc(OC)c(OC)cc3n(Cc3ccccc3)c2=O)cc1. The predicted molar refractivity (Wildman–Crippen MR) is 144 cm³/mol. The van der Waals surface area contributed by atoms with Gasteiger partial charge in [0.25, 0.3) is 11.5 Å². The summed E-state index contributed by atoms with van der Waals surface area (Å²) in [7, 11) is 3.01. The predicted octanol–water partition coefficient (Wildman–Crippen LogP) is 3.81. The number of aromatic nitrogens is 2. The number of benzene rings is 3. The van der Waals surface area contributed by atoms with Gasteiger partial charge in [0.05, 0.1) is 38.2 Å². The molecule has 37 heavy (non-hydrogen) atoms. The highest BCUT2D eigenvalue weighted by molar-refractivity contribution is 5.94. The molecule has 8 heteroatoms. The first-order chi connectivity index (χ1) is 17.9. The van der Waals surface area contributed by atoms with E-state index in [4.69, 9.17) is 9.47 Å². The van der Waals surface area contributed by atoms with Crippen molar-refractivity contribution in [2.24, 2.45) is 0 Å². The zero-order valence-electron chi connectivity index (χ0n) is 21.5. The van der Waals surface area contributed by atoms with Gasteiger partial charge in [-0.15, -0.1) is 0 Å². The van der Waals surface area contributed by atoms with E-state index in [9.17, 15) is 14.4 Å². The molecule has 1 amide bonds. The van der Waals surface area contributed by atoms with Gasteiger partial charge < -0.3 is 14.8 Å². The van der Waals surface area contributed by atoms with Crippen LogP contribution in [0.3, 0.4) is 0 Å². The summed E-state index contributed by atoms with van der Waals surface area (Å²) in [4.78, 5) is 39.7. The summed E-state index contributed by atoms with van der Waals surface area (Å²) < 4.78 is 13.6. The fourth-order valence-corrected chi connectivity index (χ4v) is 4.16. The van der Waals surface area contributed by atoms with Crippen molar-refractivity contribution in [3.8, 4) is 11.5 Å². The molecular formula is C29H31N3O5. The lowest BCUT2D eigenvalue weighted by molar-refractivity contribution is 0.0939. The highest BCUT2D eigenvalue weighted by atomic mass is 16.5. The van der Waals surface area contributed by atoms with Crippen molar-refractivity contribution in [3.05, 3.63) is 104 Å². The van der Waals surface area contributed by atoms with Gasteiger partial charge in [-0.25, -0.2) is 4.79 Å². The Morgan fingerprint density at radius 1 is 0.865 bits per heavy atom. The van der Waals surface area contributed by atoms with Gasteiger partial charge in [0.1, 0.15) is 0 Å². The molecule has 4 aromatic rings. The first kappa shape index (κ1) is 25.8. The molecule has 0 radical (unpaired) electrons. The number of fused-ring (bicyclic) bond motifs is 1. The number of methoxy groups -OCH3 is 2. The van der Waals surface area contributed by atoms with Gasteiger partial charge >= 0.3 is 5.69 Å². The summed E-state index contributed by atoms with van der Waals surface area (Å²) >= 11 is 0. The van der Waals surface area contributed by atoms with Crippen molar-refractivity contribution in [2.45, 2.75) is 39.4 Å². The van der Waals surface area contributed by atoms with Crippen molar-refractivity contribution in [3.63, 3.8) is 0 Å². The highest BCUT2D eigenvalue weighted by Crippen LogP contribution is 2.30. The second-order valence-corrected chi connectivity index (χ2v) is 8.95. The molecule has 1 N–H and O–H groups in total. The van der Waals surface area contributed by atoms with E-state index in [2.05, 4.69) is 5.32 Å². The minimum Gasteiger partial charge on any atom is -0.493 e. The summed E-state index contributed by atoms with van der Waals surface area (Å²) in [5, 5.41) is 3.28. The lowest BCUT2D eigenvalue weighted by atomic mass is 10.1. The Labute approximate surface area is 215 Å².